The van der Waals surface area contributed by atoms with Crippen molar-refractivity contribution < 1.29 is 9.84 Å². The van der Waals surface area contributed by atoms with E-state index >= 15 is 0 Å². The van der Waals surface area contributed by atoms with Crippen molar-refractivity contribution in [3.63, 3.8) is 0 Å². The largest absolute Gasteiger partial charge is 0.389 e. The second-order valence-corrected chi connectivity index (χ2v) is 3.51. The third-order valence-corrected chi connectivity index (χ3v) is 1.84. The quantitative estimate of drug-likeness (QED) is 0.608. The third-order valence-electron chi connectivity index (χ3n) is 1.84. The zero-order chi connectivity index (χ0) is 8.27. The average Bonchev–Trinajstić information content (AvgIpc) is 2.31. The Hall–Kier alpha value is -0.120. The molecule has 1 saturated heterocycles. The van der Waals surface area contributed by atoms with Gasteiger partial charge in [0.05, 0.1) is 25.4 Å². The molecule has 0 unspecified atom stereocenters. The molecule has 0 aromatic carbocycles. The van der Waals surface area contributed by atoms with Gasteiger partial charge in [-0.25, -0.2) is 0 Å². The van der Waals surface area contributed by atoms with Gasteiger partial charge >= 0.3 is 0 Å². The zero-order valence-corrected chi connectivity index (χ0v) is 7.21. The number of ether oxygens (including phenoxy) is 1. The second kappa shape index (κ2) is 4.04. The predicted molar refractivity (Wildman–Crippen MR) is 43.5 cm³/mol. The van der Waals surface area contributed by atoms with E-state index in [1.807, 2.05) is 0 Å². The number of hydrogen-bond donors (Lipinski definition) is 2. The molecule has 0 saturated carbocycles. The Bertz CT molecular complexity index is 117. The van der Waals surface area contributed by atoms with E-state index in [0.29, 0.717) is 19.1 Å². The van der Waals surface area contributed by atoms with Gasteiger partial charge in [-0.3, -0.25) is 0 Å². The normalized spacial score (nSPS) is 31.6. The Morgan fingerprint density at radius 2 is 2.27 bits per heavy atom. The molecule has 2 atom stereocenters. The minimum Gasteiger partial charge on any atom is -0.389 e. The van der Waals surface area contributed by atoms with Gasteiger partial charge in [-0.05, 0) is 12.5 Å². The first-order valence-corrected chi connectivity index (χ1v) is 4.19. The summed E-state index contributed by atoms with van der Waals surface area (Å²) in [5, 5.41) is 12.6. The van der Waals surface area contributed by atoms with Crippen LogP contribution in [0.2, 0.25) is 0 Å². The summed E-state index contributed by atoms with van der Waals surface area (Å²) in [7, 11) is 0. The Kier molecular flexibility index (Phi) is 3.30. The van der Waals surface area contributed by atoms with Crippen molar-refractivity contribution in [2.75, 3.05) is 19.8 Å². The van der Waals surface area contributed by atoms with E-state index in [1.165, 1.54) is 0 Å². The summed E-state index contributed by atoms with van der Waals surface area (Å²) in [5.41, 5.74) is 0. The highest BCUT2D eigenvalue weighted by Gasteiger charge is 2.25. The number of aliphatic hydroxyl groups is 1. The topological polar surface area (TPSA) is 41.5 Å². The van der Waals surface area contributed by atoms with Crippen LogP contribution in [-0.2, 0) is 4.74 Å². The Morgan fingerprint density at radius 1 is 1.55 bits per heavy atom. The molecule has 1 fully saturated rings. The lowest BCUT2D eigenvalue weighted by Crippen LogP contribution is -2.40. The molecular weight excluding hydrogens is 142 g/mol. The standard InChI is InChI=1S/C8H17NO2/c1-6(2)3-9-7-4-11-5-8(7)10/h6-10H,3-5H2,1-2H3/t7-,8-/m0/s1. The summed E-state index contributed by atoms with van der Waals surface area (Å²) in [6.45, 7) is 6.37. The molecule has 0 amide bonds. The highest BCUT2D eigenvalue weighted by molar-refractivity contribution is 4.80. The molecule has 1 aliphatic heterocycles. The van der Waals surface area contributed by atoms with Gasteiger partial charge in [-0.2, -0.15) is 0 Å². The van der Waals surface area contributed by atoms with Crippen molar-refractivity contribution in [2.45, 2.75) is 26.0 Å². The van der Waals surface area contributed by atoms with Gasteiger partial charge in [0.1, 0.15) is 0 Å². The van der Waals surface area contributed by atoms with Crippen LogP contribution < -0.4 is 5.32 Å². The monoisotopic (exact) mass is 159 g/mol. The molecule has 0 aliphatic carbocycles. The van der Waals surface area contributed by atoms with E-state index in [4.69, 9.17) is 4.74 Å². The van der Waals surface area contributed by atoms with Crippen LogP contribution in [0.15, 0.2) is 0 Å². The van der Waals surface area contributed by atoms with Crippen LogP contribution in [0.1, 0.15) is 13.8 Å². The molecule has 66 valence electrons. The Morgan fingerprint density at radius 3 is 2.73 bits per heavy atom. The van der Waals surface area contributed by atoms with Gasteiger partial charge < -0.3 is 15.2 Å². The molecule has 0 radical (unpaired) electrons. The van der Waals surface area contributed by atoms with Crippen LogP contribution in [0.3, 0.4) is 0 Å². The molecule has 3 heteroatoms. The fourth-order valence-corrected chi connectivity index (χ4v) is 1.13. The van der Waals surface area contributed by atoms with Gasteiger partial charge in [0.15, 0.2) is 0 Å². The van der Waals surface area contributed by atoms with Crippen molar-refractivity contribution in [3.05, 3.63) is 0 Å². The summed E-state index contributed by atoms with van der Waals surface area (Å²) < 4.78 is 5.09. The number of rotatable bonds is 3. The first-order valence-electron chi connectivity index (χ1n) is 4.19. The minimum absolute atomic E-state index is 0.150. The summed E-state index contributed by atoms with van der Waals surface area (Å²) in [4.78, 5) is 0. The second-order valence-electron chi connectivity index (χ2n) is 3.51. The lowest BCUT2D eigenvalue weighted by atomic mass is 10.1. The lowest BCUT2D eigenvalue weighted by Gasteiger charge is -2.15. The molecule has 1 rings (SSSR count). The number of nitrogens with one attached hydrogen (secondary N) is 1. The van der Waals surface area contributed by atoms with Crippen molar-refractivity contribution in [3.8, 4) is 0 Å². The molecule has 11 heavy (non-hydrogen) atoms. The Balaban J connectivity index is 2.15. The molecule has 0 aromatic rings. The fourth-order valence-electron chi connectivity index (χ4n) is 1.13. The van der Waals surface area contributed by atoms with Crippen LogP contribution in [-0.4, -0.2) is 37.0 Å². The smallest absolute Gasteiger partial charge is 0.0948 e. The third kappa shape index (κ3) is 2.77. The SMILES string of the molecule is CC(C)CN[C@H]1COC[C@@H]1O. The molecule has 2 N–H and O–H groups in total. The average molecular weight is 159 g/mol. The molecule has 1 aliphatic rings. The van der Waals surface area contributed by atoms with Crippen LogP contribution >= 0.6 is 0 Å². The number of hydrogen-bond acceptors (Lipinski definition) is 3. The summed E-state index contributed by atoms with van der Waals surface area (Å²) in [6, 6.07) is 0.150. The first kappa shape index (κ1) is 8.97. The summed E-state index contributed by atoms with van der Waals surface area (Å²) >= 11 is 0. The van der Waals surface area contributed by atoms with Crippen molar-refractivity contribution >= 4 is 0 Å². The van der Waals surface area contributed by atoms with Gasteiger partial charge in [0.25, 0.3) is 0 Å². The maximum absolute atomic E-state index is 9.31. The molecule has 0 spiro atoms. The van der Waals surface area contributed by atoms with E-state index in [1.54, 1.807) is 0 Å². The highest BCUT2D eigenvalue weighted by Crippen LogP contribution is 2.05. The van der Waals surface area contributed by atoms with Crippen LogP contribution in [0.5, 0.6) is 0 Å². The van der Waals surface area contributed by atoms with Crippen LogP contribution in [0.4, 0.5) is 0 Å². The molecule has 3 nitrogen and oxygen atoms in total. The summed E-state index contributed by atoms with van der Waals surface area (Å²) in [6.07, 6.45) is -0.311. The van der Waals surface area contributed by atoms with Gasteiger partial charge in [0, 0.05) is 0 Å². The minimum atomic E-state index is -0.311. The molecule has 1 heterocycles. The number of aliphatic hydroxyl groups excluding tert-OH is 1. The highest BCUT2D eigenvalue weighted by atomic mass is 16.5. The molecule has 0 aromatic heterocycles. The van der Waals surface area contributed by atoms with E-state index in [0.717, 1.165) is 6.54 Å². The summed E-state index contributed by atoms with van der Waals surface area (Å²) in [5.74, 6) is 0.628. The Labute approximate surface area is 67.7 Å². The van der Waals surface area contributed by atoms with Crippen molar-refractivity contribution in [1.82, 2.24) is 5.32 Å². The fraction of sp³-hybridized carbons (Fsp3) is 1.00. The van der Waals surface area contributed by atoms with Gasteiger partial charge in [-0.1, -0.05) is 13.8 Å². The molecular formula is C8H17NO2. The predicted octanol–water partition coefficient (Wildman–Crippen LogP) is -0.00830. The van der Waals surface area contributed by atoms with Crippen molar-refractivity contribution in [2.24, 2.45) is 5.92 Å². The maximum Gasteiger partial charge on any atom is 0.0948 e. The van der Waals surface area contributed by atoms with Crippen LogP contribution in [0, 0.1) is 5.92 Å². The lowest BCUT2D eigenvalue weighted by molar-refractivity contribution is 0.122. The van der Waals surface area contributed by atoms with Crippen molar-refractivity contribution in [1.29, 1.82) is 0 Å². The molecule has 0 bridgehead atoms. The zero-order valence-electron chi connectivity index (χ0n) is 7.21. The van der Waals surface area contributed by atoms with Gasteiger partial charge in [-0.15, -0.1) is 0 Å². The van der Waals surface area contributed by atoms with E-state index in [9.17, 15) is 5.11 Å². The van der Waals surface area contributed by atoms with Crippen LogP contribution in [0.25, 0.3) is 0 Å². The first-order chi connectivity index (χ1) is 5.20. The van der Waals surface area contributed by atoms with E-state index in [2.05, 4.69) is 19.2 Å². The maximum atomic E-state index is 9.31. The van der Waals surface area contributed by atoms with E-state index < -0.39 is 0 Å². The van der Waals surface area contributed by atoms with Gasteiger partial charge in [0.2, 0.25) is 0 Å². The van der Waals surface area contributed by atoms with E-state index in [-0.39, 0.29) is 12.1 Å².